The summed E-state index contributed by atoms with van der Waals surface area (Å²) in [4.78, 5) is 13.5. The minimum Gasteiger partial charge on any atom is -0.492 e. The van der Waals surface area contributed by atoms with E-state index in [9.17, 15) is 4.79 Å². The number of aromatic nitrogens is 2. The minimum absolute atomic E-state index is 0.132. The van der Waals surface area contributed by atoms with E-state index in [1.807, 2.05) is 43.4 Å². The first kappa shape index (κ1) is 14.9. The summed E-state index contributed by atoms with van der Waals surface area (Å²) in [6.45, 7) is 1.44. The van der Waals surface area contributed by atoms with Gasteiger partial charge in [0.05, 0.1) is 18.8 Å². The molecule has 21 heavy (non-hydrogen) atoms. The second-order valence-corrected chi connectivity index (χ2v) is 4.69. The molecule has 0 atom stereocenters. The standard InChI is InChI=1S/C15H20N4O2/c1-18(10-11-21-14-6-4-3-5-7-14)15(20)16-12-13-8-9-17-19(13)2/h3-9H,10-12H2,1-2H3,(H,16,20). The summed E-state index contributed by atoms with van der Waals surface area (Å²) >= 11 is 0. The number of nitrogens with one attached hydrogen (secondary N) is 1. The number of urea groups is 1. The van der Waals surface area contributed by atoms with Crippen molar-refractivity contribution in [2.75, 3.05) is 20.2 Å². The number of rotatable bonds is 6. The highest BCUT2D eigenvalue weighted by atomic mass is 16.5. The Hall–Kier alpha value is -2.50. The molecular weight excluding hydrogens is 268 g/mol. The number of aryl methyl sites for hydroxylation is 1. The molecule has 0 aliphatic carbocycles. The lowest BCUT2D eigenvalue weighted by atomic mass is 10.3. The molecule has 0 spiro atoms. The van der Waals surface area contributed by atoms with Crippen molar-refractivity contribution >= 4 is 6.03 Å². The first-order chi connectivity index (χ1) is 10.2. The molecular formula is C15H20N4O2. The zero-order chi connectivity index (χ0) is 15.1. The maximum Gasteiger partial charge on any atom is 0.317 e. The molecule has 0 fully saturated rings. The van der Waals surface area contributed by atoms with Gasteiger partial charge < -0.3 is 15.0 Å². The molecule has 1 heterocycles. The Balaban J connectivity index is 1.69. The highest BCUT2D eigenvalue weighted by Gasteiger charge is 2.08. The number of likely N-dealkylation sites (N-methyl/N-ethyl adjacent to an activating group) is 1. The predicted molar refractivity (Wildman–Crippen MR) is 80.0 cm³/mol. The van der Waals surface area contributed by atoms with Crippen LogP contribution < -0.4 is 10.1 Å². The molecule has 1 aromatic carbocycles. The highest BCUT2D eigenvalue weighted by molar-refractivity contribution is 5.73. The van der Waals surface area contributed by atoms with Crippen LogP contribution in [0.25, 0.3) is 0 Å². The van der Waals surface area contributed by atoms with Gasteiger partial charge in [0.25, 0.3) is 0 Å². The Labute approximate surface area is 124 Å². The highest BCUT2D eigenvalue weighted by Crippen LogP contribution is 2.07. The van der Waals surface area contributed by atoms with Crippen LogP contribution in [0.5, 0.6) is 5.75 Å². The summed E-state index contributed by atoms with van der Waals surface area (Å²) in [5, 5.41) is 6.90. The van der Waals surface area contributed by atoms with E-state index >= 15 is 0 Å². The van der Waals surface area contributed by atoms with Crippen molar-refractivity contribution < 1.29 is 9.53 Å². The van der Waals surface area contributed by atoms with Gasteiger partial charge >= 0.3 is 6.03 Å². The van der Waals surface area contributed by atoms with Gasteiger partial charge in [0.15, 0.2) is 0 Å². The summed E-state index contributed by atoms with van der Waals surface area (Å²) in [7, 11) is 3.59. The van der Waals surface area contributed by atoms with Crippen LogP contribution in [0, 0.1) is 0 Å². The lowest BCUT2D eigenvalue weighted by Gasteiger charge is -2.18. The Bertz CT molecular complexity index is 568. The molecule has 0 saturated carbocycles. The molecule has 0 aliphatic heterocycles. The van der Waals surface area contributed by atoms with Crippen LogP contribution in [0.3, 0.4) is 0 Å². The van der Waals surface area contributed by atoms with Gasteiger partial charge in [0, 0.05) is 20.3 Å². The van der Waals surface area contributed by atoms with Crippen molar-refractivity contribution in [3.63, 3.8) is 0 Å². The van der Waals surface area contributed by atoms with Gasteiger partial charge in [-0.15, -0.1) is 0 Å². The van der Waals surface area contributed by atoms with E-state index in [4.69, 9.17) is 4.74 Å². The first-order valence-corrected chi connectivity index (χ1v) is 6.80. The lowest BCUT2D eigenvalue weighted by molar-refractivity contribution is 0.195. The van der Waals surface area contributed by atoms with E-state index in [2.05, 4.69) is 10.4 Å². The van der Waals surface area contributed by atoms with E-state index in [1.54, 1.807) is 22.8 Å². The van der Waals surface area contributed by atoms with Crippen molar-refractivity contribution in [1.29, 1.82) is 0 Å². The molecule has 0 aliphatic rings. The zero-order valence-corrected chi connectivity index (χ0v) is 12.3. The molecule has 6 heteroatoms. The predicted octanol–water partition coefficient (Wildman–Crippen LogP) is 1.64. The Morgan fingerprint density at radius 2 is 2.10 bits per heavy atom. The number of para-hydroxylation sites is 1. The van der Waals surface area contributed by atoms with E-state index in [0.29, 0.717) is 19.7 Å². The van der Waals surface area contributed by atoms with Crippen molar-refractivity contribution in [2.24, 2.45) is 7.05 Å². The number of nitrogens with zero attached hydrogens (tertiary/aromatic N) is 3. The minimum atomic E-state index is -0.132. The molecule has 2 amide bonds. The molecule has 0 radical (unpaired) electrons. The Morgan fingerprint density at radius 3 is 2.76 bits per heavy atom. The summed E-state index contributed by atoms with van der Waals surface area (Å²) in [5.41, 5.74) is 0.956. The van der Waals surface area contributed by atoms with Crippen LogP contribution >= 0.6 is 0 Å². The van der Waals surface area contributed by atoms with Gasteiger partial charge in [-0.05, 0) is 18.2 Å². The molecule has 0 bridgehead atoms. The van der Waals surface area contributed by atoms with E-state index in [1.165, 1.54) is 0 Å². The van der Waals surface area contributed by atoms with Gasteiger partial charge in [-0.25, -0.2) is 4.79 Å². The lowest BCUT2D eigenvalue weighted by Crippen LogP contribution is -2.39. The number of carbonyl (C=O) groups is 1. The summed E-state index contributed by atoms with van der Waals surface area (Å²) in [6.07, 6.45) is 1.71. The van der Waals surface area contributed by atoms with Gasteiger partial charge in [-0.2, -0.15) is 5.10 Å². The molecule has 0 unspecified atom stereocenters. The fraction of sp³-hybridized carbons (Fsp3) is 0.333. The van der Waals surface area contributed by atoms with Crippen molar-refractivity contribution in [3.05, 3.63) is 48.3 Å². The number of benzene rings is 1. The average Bonchev–Trinajstić information content (AvgIpc) is 2.91. The Morgan fingerprint density at radius 1 is 1.33 bits per heavy atom. The molecule has 0 saturated heterocycles. The van der Waals surface area contributed by atoms with Crippen LogP contribution in [0.2, 0.25) is 0 Å². The summed E-state index contributed by atoms with van der Waals surface area (Å²) in [5.74, 6) is 0.807. The largest absolute Gasteiger partial charge is 0.492 e. The van der Waals surface area contributed by atoms with Crippen LogP contribution in [-0.2, 0) is 13.6 Å². The van der Waals surface area contributed by atoms with Gasteiger partial charge in [-0.1, -0.05) is 18.2 Å². The third-order valence-corrected chi connectivity index (χ3v) is 3.13. The van der Waals surface area contributed by atoms with Crippen LogP contribution in [-0.4, -0.2) is 40.9 Å². The first-order valence-electron chi connectivity index (χ1n) is 6.80. The Kier molecular flexibility index (Phi) is 5.20. The van der Waals surface area contributed by atoms with Gasteiger partial charge in [0.1, 0.15) is 12.4 Å². The van der Waals surface area contributed by atoms with Crippen LogP contribution in [0.4, 0.5) is 4.79 Å². The molecule has 1 aromatic heterocycles. The number of carbonyl (C=O) groups excluding carboxylic acids is 1. The number of amides is 2. The molecule has 2 aromatic rings. The molecule has 6 nitrogen and oxygen atoms in total. The quantitative estimate of drug-likeness (QED) is 0.879. The van der Waals surface area contributed by atoms with Crippen LogP contribution in [0.1, 0.15) is 5.69 Å². The maximum absolute atomic E-state index is 11.9. The maximum atomic E-state index is 11.9. The van der Waals surface area contributed by atoms with Crippen molar-refractivity contribution in [3.8, 4) is 5.75 Å². The number of ether oxygens (including phenoxy) is 1. The smallest absolute Gasteiger partial charge is 0.317 e. The van der Waals surface area contributed by atoms with E-state index in [0.717, 1.165) is 11.4 Å². The fourth-order valence-electron chi connectivity index (χ4n) is 1.79. The normalized spacial score (nSPS) is 10.2. The monoisotopic (exact) mass is 288 g/mol. The number of hydrogen-bond acceptors (Lipinski definition) is 3. The molecule has 2 rings (SSSR count). The van der Waals surface area contributed by atoms with Crippen LogP contribution in [0.15, 0.2) is 42.6 Å². The topological polar surface area (TPSA) is 59.4 Å². The zero-order valence-electron chi connectivity index (χ0n) is 12.3. The fourth-order valence-corrected chi connectivity index (χ4v) is 1.79. The summed E-state index contributed by atoms with van der Waals surface area (Å²) < 4.78 is 7.30. The number of hydrogen-bond donors (Lipinski definition) is 1. The third-order valence-electron chi connectivity index (χ3n) is 3.13. The molecule has 112 valence electrons. The average molecular weight is 288 g/mol. The second kappa shape index (κ2) is 7.33. The molecule has 1 N–H and O–H groups in total. The van der Waals surface area contributed by atoms with Gasteiger partial charge in [-0.3, -0.25) is 4.68 Å². The second-order valence-electron chi connectivity index (χ2n) is 4.69. The van der Waals surface area contributed by atoms with Gasteiger partial charge in [0.2, 0.25) is 0 Å². The SMILES string of the molecule is CN(CCOc1ccccc1)C(=O)NCc1ccnn1C. The summed E-state index contributed by atoms with van der Waals surface area (Å²) in [6, 6.07) is 11.3. The van der Waals surface area contributed by atoms with E-state index in [-0.39, 0.29) is 6.03 Å². The van der Waals surface area contributed by atoms with Crippen molar-refractivity contribution in [2.45, 2.75) is 6.54 Å². The van der Waals surface area contributed by atoms with E-state index < -0.39 is 0 Å². The third kappa shape index (κ3) is 4.52. The van der Waals surface area contributed by atoms with Crippen molar-refractivity contribution in [1.82, 2.24) is 20.0 Å².